The highest BCUT2D eigenvalue weighted by Crippen LogP contribution is 2.45. The first-order chi connectivity index (χ1) is 12.8. The third-order valence-electron chi connectivity index (χ3n) is 5.88. The Morgan fingerprint density at radius 2 is 2.04 bits per heavy atom. The fourth-order valence-electron chi connectivity index (χ4n) is 4.61. The number of piperidine rings is 1. The number of nitrogens with zero attached hydrogens (tertiary/aromatic N) is 2. The van der Waals surface area contributed by atoms with Crippen molar-refractivity contribution in [3.8, 4) is 0 Å². The van der Waals surface area contributed by atoms with E-state index in [0.29, 0.717) is 44.8 Å². The maximum atomic E-state index is 13.6. The molecule has 0 aromatic heterocycles. The van der Waals surface area contributed by atoms with Crippen molar-refractivity contribution in [3.05, 3.63) is 35.6 Å². The van der Waals surface area contributed by atoms with Crippen molar-refractivity contribution in [1.82, 2.24) is 9.80 Å². The lowest BCUT2D eigenvalue weighted by molar-refractivity contribution is -0.141. The maximum absolute atomic E-state index is 13.6. The van der Waals surface area contributed by atoms with Gasteiger partial charge in [0.2, 0.25) is 5.91 Å². The van der Waals surface area contributed by atoms with Gasteiger partial charge in [0.05, 0.1) is 12.0 Å². The molecule has 1 atom stereocenters. The Kier molecular flexibility index (Phi) is 5.84. The molecule has 0 radical (unpaired) electrons. The second-order valence-corrected chi connectivity index (χ2v) is 8.49. The van der Waals surface area contributed by atoms with Crippen molar-refractivity contribution in [2.24, 2.45) is 11.3 Å². The lowest BCUT2D eigenvalue weighted by Gasteiger charge is -2.37. The van der Waals surface area contributed by atoms with Crippen LogP contribution in [0.1, 0.15) is 38.7 Å². The van der Waals surface area contributed by atoms with Crippen LogP contribution in [0.4, 0.5) is 4.39 Å². The summed E-state index contributed by atoms with van der Waals surface area (Å²) in [6.45, 7) is 6.23. The van der Waals surface area contributed by atoms with E-state index in [1.165, 1.54) is 6.07 Å². The molecule has 0 aliphatic carbocycles. The number of carboxylic acids is 1. The van der Waals surface area contributed by atoms with Gasteiger partial charge >= 0.3 is 5.97 Å². The molecule has 2 aliphatic heterocycles. The number of likely N-dealkylation sites (tertiary alicyclic amines) is 2. The number of carbonyl (C=O) groups excluding carboxylic acids is 1. The quantitative estimate of drug-likeness (QED) is 0.829. The van der Waals surface area contributed by atoms with E-state index >= 15 is 0 Å². The van der Waals surface area contributed by atoms with E-state index < -0.39 is 5.97 Å². The van der Waals surface area contributed by atoms with Gasteiger partial charge in [-0.1, -0.05) is 26.0 Å². The second-order valence-electron chi connectivity index (χ2n) is 8.49. The second kappa shape index (κ2) is 7.97. The van der Waals surface area contributed by atoms with Crippen LogP contribution in [0.5, 0.6) is 0 Å². The van der Waals surface area contributed by atoms with E-state index in [1.807, 2.05) is 15.9 Å². The van der Waals surface area contributed by atoms with Crippen LogP contribution in [0.2, 0.25) is 0 Å². The Bertz CT molecular complexity index is 698. The van der Waals surface area contributed by atoms with E-state index in [1.54, 1.807) is 12.1 Å². The zero-order valence-corrected chi connectivity index (χ0v) is 16.2. The Morgan fingerprint density at radius 3 is 2.63 bits per heavy atom. The minimum Gasteiger partial charge on any atom is -0.480 e. The maximum Gasteiger partial charge on any atom is 0.317 e. The minimum absolute atomic E-state index is 0.0344. The molecular weight excluding hydrogens is 347 g/mol. The highest BCUT2D eigenvalue weighted by molar-refractivity contribution is 5.85. The van der Waals surface area contributed by atoms with Gasteiger partial charge in [-0.25, -0.2) is 4.39 Å². The molecule has 1 aromatic rings. The van der Waals surface area contributed by atoms with Crippen LogP contribution in [0.25, 0.3) is 0 Å². The number of benzene rings is 1. The first-order valence-electron chi connectivity index (χ1n) is 9.79. The van der Waals surface area contributed by atoms with E-state index in [4.69, 9.17) is 5.11 Å². The molecule has 1 spiro atoms. The molecule has 1 amide bonds. The molecule has 2 aliphatic rings. The first kappa shape index (κ1) is 19.8. The summed E-state index contributed by atoms with van der Waals surface area (Å²) in [6.07, 6.45) is 2.84. The van der Waals surface area contributed by atoms with Gasteiger partial charge in [-0.05, 0) is 62.4 Å². The predicted molar refractivity (Wildman–Crippen MR) is 101 cm³/mol. The van der Waals surface area contributed by atoms with E-state index in [0.717, 1.165) is 12.0 Å². The van der Waals surface area contributed by atoms with Crippen molar-refractivity contribution >= 4 is 11.9 Å². The monoisotopic (exact) mass is 376 g/mol. The van der Waals surface area contributed by atoms with Crippen molar-refractivity contribution in [2.45, 2.75) is 45.6 Å². The summed E-state index contributed by atoms with van der Waals surface area (Å²) in [6, 6.07) is 6.70. The number of hydrogen-bond donors (Lipinski definition) is 1. The molecular formula is C21H29FN2O3. The van der Waals surface area contributed by atoms with Crippen LogP contribution in [0.15, 0.2) is 24.3 Å². The third kappa shape index (κ3) is 4.49. The van der Waals surface area contributed by atoms with Crippen LogP contribution in [0.3, 0.4) is 0 Å². The Hall–Kier alpha value is -1.95. The molecule has 1 N–H and O–H groups in total. The molecule has 0 bridgehead atoms. The van der Waals surface area contributed by atoms with Gasteiger partial charge in [0.25, 0.3) is 0 Å². The number of amides is 1. The number of hydrogen-bond acceptors (Lipinski definition) is 3. The summed E-state index contributed by atoms with van der Waals surface area (Å²) in [7, 11) is 0. The van der Waals surface area contributed by atoms with E-state index in [9.17, 15) is 14.0 Å². The summed E-state index contributed by atoms with van der Waals surface area (Å²) >= 11 is 0. The highest BCUT2D eigenvalue weighted by atomic mass is 19.1. The lowest BCUT2D eigenvalue weighted by atomic mass is 9.75. The smallest absolute Gasteiger partial charge is 0.317 e. The standard InChI is InChI=1S/C21H29FN2O3/c1-15(2)13-24-18(11-16-4-3-5-17(22)10-16)12-21(20(24)27)6-8-23(9-7-21)14-19(25)26/h3-5,10,15,18H,6-9,11-14H2,1-2H3,(H,25,26). The largest absolute Gasteiger partial charge is 0.480 e. The van der Waals surface area contributed by atoms with Crippen LogP contribution >= 0.6 is 0 Å². The predicted octanol–water partition coefficient (Wildman–Crippen LogP) is 2.79. The molecule has 6 heteroatoms. The summed E-state index contributed by atoms with van der Waals surface area (Å²) in [5.41, 5.74) is 0.531. The zero-order chi connectivity index (χ0) is 19.6. The van der Waals surface area contributed by atoms with Gasteiger partial charge in [0, 0.05) is 12.6 Å². The molecule has 2 heterocycles. The topological polar surface area (TPSA) is 60.9 Å². The normalized spacial score (nSPS) is 22.7. The molecule has 2 saturated heterocycles. The van der Waals surface area contributed by atoms with E-state index in [-0.39, 0.29) is 29.7 Å². The summed E-state index contributed by atoms with van der Waals surface area (Å²) in [5.74, 6) is -0.503. The van der Waals surface area contributed by atoms with Crippen LogP contribution in [-0.4, -0.2) is 59.0 Å². The molecule has 1 unspecified atom stereocenters. The summed E-state index contributed by atoms with van der Waals surface area (Å²) < 4.78 is 13.6. The summed E-state index contributed by atoms with van der Waals surface area (Å²) in [5, 5.41) is 9.00. The molecule has 0 saturated carbocycles. The fourth-order valence-corrected chi connectivity index (χ4v) is 4.61. The number of carbonyl (C=O) groups is 2. The molecule has 27 heavy (non-hydrogen) atoms. The van der Waals surface area contributed by atoms with Crippen molar-refractivity contribution in [2.75, 3.05) is 26.2 Å². The van der Waals surface area contributed by atoms with Gasteiger partial charge in [-0.2, -0.15) is 0 Å². The first-order valence-corrected chi connectivity index (χ1v) is 9.79. The average Bonchev–Trinajstić information content (AvgIpc) is 2.82. The number of rotatable bonds is 6. The van der Waals surface area contributed by atoms with Gasteiger partial charge in [-0.15, -0.1) is 0 Å². The van der Waals surface area contributed by atoms with Crippen molar-refractivity contribution in [3.63, 3.8) is 0 Å². The van der Waals surface area contributed by atoms with Crippen LogP contribution < -0.4 is 0 Å². The molecule has 2 fully saturated rings. The Labute approximate surface area is 160 Å². The van der Waals surface area contributed by atoms with Gasteiger partial charge in [0.15, 0.2) is 0 Å². The SMILES string of the molecule is CC(C)CN1C(=O)C2(CCN(CC(=O)O)CC2)CC1Cc1cccc(F)c1. The Balaban J connectivity index is 1.75. The number of halogens is 1. The van der Waals surface area contributed by atoms with Crippen molar-refractivity contribution in [1.29, 1.82) is 0 Å². The van der Waals surface area contributed by atoms with Gasteiger partial charge in [-0.3, -0.25) is 14.5 Å². The van der Waals surface area contributed by atoms with Crippen molar-refractivity contribution < 1.29 is 19.1 Å². The van der Waals surface area contributed by atoms with Crippen LogP contribution in [0, 0.1) is 17.2 Å². The summed E-state index contributed by atoms with van der Waals surface area (Å²) in [4.78, 5) is 28.2. The number of carboxylic acid groups (broad SMARTS) is 1. The third-order valence-corrected chi connectivity index (χ3v) is 5.88. The zero-order valence-electron chi connectivity index (χ0n) is 16.2. The molecule has 148 valence electrons. The molecule has 5 nitrogen and oxygen atoms in total. The average molecular weight is 376 g/mol. The van der Waals surface area contributed by atoms with Gasteiger partial charge in [0.1, 0.15) is 5.82 Å². The molecule has 1 aromatic carbocycles. The highest BCUT2D eigenvalue weighted by Gasteiger charge is 2.52. The fraction of sp³-hybridized carbons (Fsp3) is 0.619. The Morgan fingerprint density at radius 1 is 1.33 bits per heavy atom. The lowest BCUT2D eigenvalue weighted by Crippen LogP contribution is -2.46. The van der Waals surface area contributed by atoms with Crippen LogP contribution in [-0.2, 0) is 16.0 Å². The number of aliphatic carboxylic acids is 1. The van der Waals surface area contributed by atoms with E-state index in [2.05, 4.69) is 13.8 Å². The molecule has 3 rings (SSSR count). The van der Waals surface area contributed by atoms with Gasteiger partial charge < -0.3 is 10.0 Å². The minimum atomic E-state index is -0.825.